The number of nitrogens with zero attached hydrogens (tertiary/aromatic N) is 4. The Bertz CT molecular complexity index is 506. The molecule has 0 spiro atoms. The lowest BCUT2D eigenvalue weighted by atomic mass is 9.89. The molecule has 1 aliphatic heterocycles. The summed E-state index contributed by atoms with van der Waals surface area (Å²) in [6, 6.07) is -0.539. The molecule has 6 heteroatoms. The Morgan fingerprint density at radius 1 is 1.24 bits per heavy atom. The molecule has 0 aromatic carbocycles. The third-order valence-electron chi connectivity index (χ3n) is 4.33. The Labute approximate surface area is 125 Å². The van der Waals surface area contributed by atoms with Gasteiger partial charge >= 0.3 is 5.97 Å². The number of aliphatic carboxylic acids is 1. The summed E-state index contributed by atoms with van der Waals surface area (Å²) in [6.45, 7) is 6.86. The monoisotopic (exact) mass is 292 g/mol. The summed E-state index contributed by atoms with van der Waals surface area (Å²) >= 11 is 0. The van der Waals surface area contributed by atoms with Crippen LogP contribution in [-0.2, 0) is 17.6 Å². The van der Waals surface area contributed by atoms with E-state index >= 15 is 0 Å². The number of carboxylic acids is 1. The lowest BCUT2D eigenvalue weighted by Gasteiger charge is -2.36. The van der Waals surface area contributed by atoms with Crippen molar-refractivity contribution in [2.24, 2.45) is 5.92 Å². The molecule has 0 saturated carbocycles. The quantitative estimate of drug-likeness (QED) is 0.895. The minimum absolute atomic E-state index is 0.464. The lowest BCUT2D eigenvalue weighted by molar-refractivity contribution is -0.139. The van der Waals surface area contributed by atoms with Crippen molar-refractivity contribution in [3.8, 4) is 0 Å². The lowest BCUT2D eigenvalue weighted by Crippen LogP contribution is -2.48. The molecule has 6 nitrogen and oxygen atoms in total. The molecule has 1 aromatic heterocycles. The van der Waals surface area contributed by atoms with Crippen molar-refractivity contribution >= 4 is 11.9 Å². The first-order valence-corrected chi connectivity index (χ1v) is 7.82. The second-order valence-electron chi connectivity index (χ2n) is 5.56. The summed E-state index contributed by atoms with van der Waals surface area (Å²) in [5, 5.41) is 17.9. The maximum absolute atomic E-state index is 11.6. The Morgan fingerprint density at radius 2 is 1.95 bits per heavy atom. The van der Waals surface area contributed by atoms with Crippen LogP contribution in [0.25, 0.3) is 0 Å². The van der Waals surface area contributed by atoms with Gasteiger partial charge < -0.3 is 10.0 Å². The van der Waals surface area contributed by atoms with E-state index < -0.39 is 12.0 Å². The van der Waals surface area contributed by atoms with E-state index in [4.69, 9.17) is 0 Å². The van der Waals surface area contributed by atoms with Gasteiger partial charge in [-0.05, 0) is 31.6 Å². The van der Waals surface area contributed by atoms with Crippen LogP contribution in [0.5, 0.6) is 0 Å². The summed E-state index contributed by atoms with van der Waals surface area (Å²) < 4.78 is 0. The number of carboxylic acid groups (broad SMARTS) is 1. The van der Waals surface area contributed by atoms with Crippen molar-refractivity contribution in [1.29, 1.82) is 0 Å². The molecule has 0 radical (unpaired) electrons. The molecule has 2 heterocycles. The first-order chi connectivity index (χ1) is 10.1. The predicted octanol–water partition coefficient (Wildman–Crippen LogP) is 2.08. The van der Waals surface area contributed by atoms with E-state index in [9.17, 15) is 9.90 Å². The molecule has 0 amide bonds. The van der Waals surface area contributed by atoms with Crippen LogP contribution < -0.4 is 4.90 Å². The fraction of sp³-hybridized carbons (Fsp3) is 0.733. The molecule has 116 valence electrons. The summed E-state index contributed by atoms with van der Waals surface area (Å²) in [4.78, 5) is 17.9. The van der Waals surface area contributed by atoms with Crippen molar-refractivity contribution in [2.45, 2.75) is 58.9 Å². The Hall–Kier alpha value is -1.72. The molecule has 1 aliphatic rings. The number of aryl methyl sites for hydroxylation is 2. The zero-order valence-corrected chi connectivity index (χ0v) is 13.0. The van der Waals surface area contributed by atoms with Crippen LogP contribution in [0.3, 0.4) is 0 Å². The number of piperidine rings is 1. The van der Waals surface area contributed by atoms with Crippen molar-refractivity contribution in [3.05, 3.63) is 11.4 Å². The van der Waals surface area contributed by atoms with Crippen molar-refractivity contribution in [1.82, 2.24) is 15.2 Å². The fourth-order valence-electron chi connectivity index (χ4n) is 2.93. The first kappa shape index (κ1) is 15.7. The molecule has 1 fully saturated rings. The van der Waals surface area contributed by atoms with Gasteiger partial charge in [-0.2, -0.15) is 5.10 Å². The second-order valence-corrected chi connectivity index (χ2v) is 5.56. The minimum atomic E-state index is -0.797. The maximum atomic E-state index is 11.6. The van der Waals surface area contributed by atoms with Crippen LogP contribution in [-0.4, -0.2) is 38.8 Å². The fourth-order valence-corrected chi connectivity index (χ4v) is 2.93. The molecular formula is C15H24N4O2. The molecule has 21 heavy (non-hydrogen) atoms. The van der Waals surface area contributed by atoms with E-state index in [0.717, 1.165) is 37.1 Å². The molecule has 0 bridgehead atoms. The minimum Gasteiger partial charge on any atom is -0.480 e. The number of carbonyl (C=O) groups is 1. The molecule has 2 atom stereocenters. The molecule has 1 aromatic rings. The molecular weight excluding hydrogens is 268 g/mol. The van der Waals surface area contributed by atoms with Gasteiger partial charge in [0.05, 0.1) is 11.4 Å². The first-order valence-electron chi connectivity index (χ1n) is 7.82. The SMILES string of the molecule is CCc1nnc(N2CCC(CC)CC2C(=O)O)nc1CC. The zero-order valence-electron chi connectivity index (χ0n) is 13.0. The van der Waals surface area contributed by atoms with E-state index in [1.807, 2.05) is 13.8 Å². The predicted molar refractivity (Wildman–Crippen MR) is 80.4 cm³/mol. The summed E-state index contributed by atoms with van der Waals surface area (Å²) in [5.74, 6) is 0.135. The summed E-state index contributed by atoms with van der Waals surface area (Å²) in [6.07, 6.45) is 4.25. The highest BCUT2D eigenvalue weighted by molar-refractivity contribution is 5.77. The molecule has 2 rings (SSSR count). The standard InChI is InChI=1S/C15H24N4O2/c1-4-10-7-8-19(13(9-10)14(20)21)15-16-11(5-2)12(6-3)17-18-15/h10,13H,4-9H2,1-3H3,(H,20,21). The van der Waals surface area contributed by atoms with Crippen LogP contribution >= 0.6 is 0 Å². The van der Waals surface area contributed by atoms with Crippen LogP contribution in [0.1, 0.15) is 51.4 Å². The third-order valence-corrected chi connectivity index (χ3v) is 4.33. The van der Waals surface area contributed by atoms with Gasteiger partial charge in [0.15, 0.2) is 0 Å². The number of hydrogen-bond acceptors (Lipinski definition) is 5. The molecule has 1 saturated heterocycles. The molecule has 0 aliphatic carbocycles. The topological polar surface area (TPSA) is 79.2 Å². The Morgan fingerprint density at radius 3 is 2.52 bits per heavy atom. The largest absolute Gasteiger partial charge is 0.480 e. The van der Waals surface area contributed by atoms with Gasteiger partial charge in [-0.3, -0.25) is 0 Å². The Kier molecular flexibility index (Phi) is 5.09. The summed E-state index contributed by atoms with van der Waals surface area (Å²) in [7, 11) is 0. The van der Waals surface area contributed by atoms with Gasteiger partial charge in [-0.15, -0.1) is 5.10 Å². The third kappa shape index (κ3) is 3.31. The van der Waals surface area contributed by atoms with Crippen LogP contribution in [0, 0.1) is 5.92 Å². The average Bonchev–Trinajstić information content (AvgIpc) is 2.53. The highest BCUT2D eigenvalue weighted by Crippen LogP contribution is 2.28. The van der Waals surface area contributed by atoms with E-state index in [1.54, 1.807) is 4.90 Å². The van der Waals surface area contributed by atoms with E-state index in [1.165, 1.54) is 0 Å². The van der Waals surface area contributed by atoms with E-state index in [-0.39, 0.29) is 0 Å². The molecule has 1 N–H and O–H groups in total. The Balaban J connectivity index is 2.28. The van der Waals surface area contributed by atoms with Gasteiger partial charge in [0, 0.05) is 6.54 Å². The van der Waals surface area contributed by atoms with Crippen LogP contribution in [0.2, 0.25) is 0 Å². The van der Waals surface area contributed by atoms with Crippen molar-refractivity contribution in [2.75, 3.05) is 11.4 Å². The van der Waals surface area contributed by atoms with E-state index in [2.05, 4.69) is 22.1 Å². The van der Waals surface area contributed by atoms with Crippen LogP contribution in [0.4, 0.5) is 5.95 Å². The second kappa shape index (κ2) is 6.83. The molecule has 2 unspecified atom stereocenters. The van der Waals surface area contributed by atoms with Gasteiger partial charge in [0.1, 0.15) is 6.04 Å². The zero-order chi connectivity index (χ0) is 15.4. The van der Waals surface area contributed by atoms with Gasteiger partial charge in [0.2, 0.25) is 5.95 Å². The van der Waals surface area contributed by atoms with Gasteiger partial charge in [-0.25, -0.2) is 9.78 Å². The number of aromatic nitrogens is 3. The number of hydrogen-bond donors (Lipinski definition) is 1. The maximum Gasteiger partial charge on any atom is 0.326 e. The highest BCUT2D eigenvalue weighted by Gasteiger charge is 2.34. The van der Waals surface area contributed by atoms with Crippen molar-refractivity contribution in [3.63, 3.8) is 0 Å². The van der Waals surface area contributed by atoms with Gasteiger partial charge in [0.25, 0.3) is 0 Å². The van der Waals surface area contributed by atoms with E-state index in [0.29, 0.717) is 24.8 Å². The van der Waals surface area contributed by atoms with Crippen LogP contribution in [0.15, 0.2) is 0 Å². The number of rotatable bonds is 5. The smallest absolute Gasteiger partial charge is 0.326 e. The highest BCUT2D eigenvalue weighted by atomic mass is 16.4. The van der Waals surface area contributed by atoms with Gasteiger partial charge in [-0.1, -0.05) is 27.2 Å². The number of anilines is 1. The summed E-state index contributed by atoms with van der Waals surface area (Å²) in [5.41, 5.74) is 1.82. The van der Waals surface area contributed by atoms with Crippen molar-refractivity contribution < 1.29 is 9.90 Å². The normalized spacial score (nSPS) is 22.3. The average molecular weight is 292 g/mol.